The van der Waals surface area contributed by atoms with Gasteiger partial charge in [0.1, 0.15) is 0 Å². The maximum atomic E-state index is 11.6. The Bertz CT molecular complexity index is 496. The molecular formula is C12H12N2O3. The summed E-state index contributed by atoms with van der Waals surface area (Å²) in [6, 6.07) is 8.72. The molecule has 5 heteroatoms. The number of imidazole rings is 1. The highest BCUT2D eigenvalue weighted by Gasteiger charge is 2.45. The third-order valence-corrected chi connectivity index (χ3v) is 2.62. The number of carboxylic acid groups (broad SMARTS) is 1. The van der Waals surface area contributed by atoms with Crippen molar-refractivity contribution in [1.29, 1.82) is 0 Å². The first-order valence-electron chi connectivity index (χ1n) is 5.05. The van der Waals surface area contributed by atoms with Gasteiger partial charge in [0, 0.05) is 25.1 Å². The van der Waals surface area contributed by atoms with Crippen molar-refractivity contribution in [2.75, 3.05) is 7.11 Å². The largest absolute Gasteiger partial charge is 0.478 e. The number of nitrogens with one attached hydrogen (secondary N) is 1. The molecule has 0 saturated heterocycles. The van der Waals surface area contributed by atoms with Gasteiger partial charge in [-0.1, -0.05) is 30.3 Å². The Kier molecular flexibility index (Phi) is 2.93. The average Bonchev–Trinajstić information content (AvgIpc) is 2.86. The van der Waals surface area contributed by atoms with E-state index in [1.165, 1.54) is 13.3 Å². The van der Waals surface area contributed by atoms with Crippen molar-refractivity contribution in [1.82, 2.24) is 9.97 Å². The van der Waals surface area contributed by atoms with Crippen LogP contribution >= 0.6 is 0 Å². The summed E-state index contributed by atoms with van der Waals surface area (Å²) >= 11 is 0. The lowest BCUT2D eigenvalue weighted by Crippen LogP contribution is -2.40. The summed E-state index contributed by atoms with van der Waals surface area (Å²) in [7, 11) is 1.35. The standard InChI is InChI=1S/C12H12N2O3/c1-17-12(11(15)16,10-13-7-8-14-10)9-5-3-2-4-6-9/h2-8H,1H3,(H,13,14)(H,15,16). The Morgan fingerprint density at radius 2 is 2.12 bits per heavy atom. The highest BCUT2D eigenvalue weighted by atomic mass is 16.5. The third-order valence-electron chi connectivity index (χ3n) is 2.62. The molecule has 2 aromatic rings. The fourth-order valence-corrected chi connectivity index (χ4v) is 1.79. The summed E-state index contributed by atoms with van der Waals surface area (Å²) in [5.41, 5.74) is -1.07. The monoisotopic (exact) mass is 232 g/mol. The summed E-state index contributed by atoms with van der Waals surface area (Å²) in [5.74, 6) is -0.861. The van der Waals surface area contributed by atoms with Crippen LogP contribution in [0.4, 0.5) is 0 Å². The molecule has 1 aromatic heterocycles. The van der Waals surface area contributed by atoms with Crippen LogP contribution in [0.1, 0.15) is 11.4 Å². The molecule has 2 rings (SSSR count). The van der Waals surface area contributed by atoms with Gasteiger partial charge >= 0.3 is 5.97 Å². The van der Waals surface area contributed by atoms with Crippen LogP contribution in [0.15, 0.2) is 42.7 Å². The first-order chi connectivity index (χ1) is 8.21. The molecule has 0 radical (unpaired) electrons. The van der Waals surface area contributed by atoms with Crippen molar-refractivity contribution in [2.24, 2.45) is 0 Å². The van der Waals surface area contributed by atoms with Crippen molar-refractivity contribution >= 4 is 5.97 Å². The number of carbonyl (C=O) groups is 1. The highest BCUT2D eigenvalue weighted by molar-refractivity contribution is 5.82. The van der Waals surface area contributed by atoms with E-state index in [0.29, 0.717) is 5.56 Å². The van der Waals surface area contributed by atoms with E-state index in [4.69, 9.17) is 4.74 Å². The van der Waals surface area contributed by atoms with Gasteiger partial charge < -0.3 is 14.8 Å². The van der Waals surface area contributed by atoms with Crippen LogP contribution in [-0.4, -0.2) is 28.2 Å². The fraction of sp³-hybridized carbons (Fsp3) is 0.167. The maximum Gasteiger partial charge on any atom is 0.348 e. The molecule has 0 fully saturated rings. The van der Waals surface area contributed by atoms with Gasteiger partial charge in [0.25, 0.3) is 0 Å². The van der Waals surface area contributed by atoms with E-state index < -0.39 is 11.6 Å². The quantitative estimate of drug-likeness (QED) is 0.835. The van der Waals surface area contributed by atoms with E-state index in [2.05, 4.69) is 9.97 Å². The minimum absolute atomic E-state index is 0.249. The minimum atomic E-state index is -1.59. The highest BCUT2D eigenvalue weighted by Crippen LogP contribution is 2.30. The Morgan fingerprint density at radius 1 is 1.41 bits per heavy atom. The van der Waals surface area contributed by atoms with Gasteiger partial charge in [-0.25, -0.2) is 9.78 Å². The number of carboxylic acids is 1. The zero-order valence-electron chi connectivity index (χ0n) is 9.25. The van der Waals surface area contributed by atoms with E-state index >= 15 is 0 Å². The van der Waals surface area contributed by atoms with Crippen molar-refractivity contribution in [3.8, 4) is 0 Å². The van der Waals surface area contributed by atoms with Crippen LogP contribution in [0.3, 0.4) is 0 Å². The van der Waals surface area contributed by atoms with Gasteiger partial charge in [0.15, 0.2) is 5.82 Å². The number of aromatic amines is 1. The van der Waals surface area contributed by atoms with Gasteiger partial charge in [-0.15, -0.1) is 0 Å². The predicted octanol–water partition coefficient (Wildman–Crippen LogP) is 1.38. The van der Waals surface area contributed by atoms with Crippen molar-refractivity contribution in [3.63, 3.8) is 0 Å². The molecule has 17 heavy (non-hydrogen) atoms. The second kappa shape index (κ2) is 4.39. The minimum Gasteiger partial charge on any atom is -0.478 e. The Hall–Kier alpha value is -2.14. The molecule has 0 aliphatic carbocycles. The molecule has 2 N–H and O–H groups in total. The zero-order chi connectivity index (χ0) is 12.3. The molecule has 0 bridgehead atoms. The molecule has 0 amide bonds. The molecule has 5 nitrogen and oxygen atoms in total. The van der Waals surface area contributed by atoms with E-state index in [9.17, 15) is 9.90 Å². The summed E-state index contributed by atoms with van der Waals surface area (Å²) < 4.78 is 5.24. The van der Waals surface area contributed by atoms with E-state index in [-0.39, 0.29) is 5.82 Å². The SMILES string of the molecule is COC(C(=O)O)(c1ccccc1)c1ncc[nH]1. The molecule has 0 aliphatic heterocycles. The normalized spacial score (nSPS) is 14.2. The third kappa shape index (κ3) is 1.70. The van der Waals surface area contributed by atoms with Crippen LogP contribution in [0.5, 0.6) is 0 Å². The van der Waals surface area contributed by atoms with E-state index in [0.717, 1.165) is 0 Å². The molecule has 0 aliphatic rings. The first kappa shape index (κ1) is 11.3. The van der Waals surface area contributed by atoms with Gasteiger partial charge in [0.2, 0.25) is 5.60 Å². The average molecular weight is 232 g/mol. The summed E-state index contributed by atoms with van der Waals surface area (Å²) in [6.07, 6.45) is 3.06. The number of aliphatic carboxylic acids is 1. The summed E-state index contributed by atoms with van der Waals surface area (Å²) in [5, 5.41) is 9.46. The van der Waals surface area contributed by atoms with Crippen LogP contribution in [0.2, 0.25) is 0 Å². The maximum absolute atomic E-state index is 11.6. The first-order valence-corrected chi connectivity index (χ1v) is 5.05. The van der Waals surface area contributed by atoms with E-state index in [1.54, 1.807) is 30.5 Å². The lowest BCUT2D eigenvalue weighted by Gasteiger charge is -2.26. The van der Waals surface area contributed by atoms with Gasteiger partial charge in [-0.3, -0.25) is 0 Å². The van der Waals surface area contributed by atoms with Crippen molar-refractivity contribution < 1.29 is 14.6 Å². The summed E-state index contributed by atoms with van der Waals surface area (Å²) in [4.78, 5) is 18.4. The van der Waals surface area contributed by atoms with Crippen molar-refractivity contribution in [2.45, 2.75) is 5.60 Å². The van der Waals surface area contributed by atoms with Gasteiger partial charge in [0.05, 0.1) is 0 Å². The van der Waals surface area contributed by atoms with Gasteiger partial charge in [-0.05, 0) is 0 Å². The molecular weight excluding hydrogens is 220 g/mol. The smallest absolute Gasteiger partial charge is 0.348 e. The number of benzene rings is 1. The molecule has 88 valence electrons. The number of ether oxygens (including phenoxy) is 1. The van der Waals surface area contributed by atoms with E-state index in [1.807, 2.05) is 6.07 Å². The van der Waals surface area contributed by atoms with Crippen LogP contribution in [0, 0.1) is 0 Å². The fourth-order valence-electron chi connectivity index (χ4n) is 1.79. The topological polar surface area (TPSA) is 75.2 Å². The number of hydrogen-bond acceptors (Lipinski definition) is 3. The lowest BCUT2D eigenvalue weighted by atomic mass is 9.93. The molecule has 1 heterocycles. The van der Waals surface area contributed by atoms with Crippen molar-refractivity contribution in [3.05, 3.63) is 54.1 Å². The Balaban J connectivity index is 2.63. The predicted molar refractivity (Wildman–Crippen MR) is 60.5 cm³/mol. The van der Waals surface area contributed by atoms with Crippen LogP contribution < -0.4 is 0 Å². The number of hydrogen-bond donors (Lipinski definition) is 2. The number of methoxy groups -OCH3 is 1. The van der Waals surface area contributed by atoms with Crippen LogP contribution in [-0.2, 0) is 15.1 Å². The molecule has 0 saturated carbocycles. The second-order valence-electron chi connectivity index (χ2n) is 3.49. The number of nitrogens with zero attached hydrogens (tertiary/aromatic N) is 1. The number of H-pyrrole nitrogens is 1. The Labute approximate surface area is 98.1 Å². The van der Waals surface area contributed by atoms with Gasteiger partial charge in [-0.2, -0.15) is 0 Å². The molecule has 0 spiro atoms. The number of rotatable bonds is 4. The van der Waals surface area contributed by atoms with Crippen LogP contribution in [0.25, 0.3) is 0 Å². The molecule has 1 aromatic carbocycles. The Morgan fingerprint density at radius 3 is 2.59 bits per heavy atom. The molecule has 1 unspecified atom stereocenters. The number of aromatic nitrogens is 2. The lowest BCUT2D eigenvalue weighted by molar-refractivity contribution is -0.159. The molecule has 1 atom stereocenters. The summed E-state index contributed by atoms with van der Waals surface area (Å²) in [6.45, 7) is 0. The second-order valence-corrected chi connectivity index (χ2v) is 3.49. The zero-order valence-corrected chi connectivity index (χ0v) is 9.25.